The van der Waals surface area contributed by atoms with Crippen LogP contribution in [0, 0.1) is 10.1 Å². The highest BCUT2D eigenvalue weighted by atomic mass is 16.6. The maximum absolute atomic E-state index is 12.3. The van der Waals surface area contributed by atoms with E-state index >= 15 is 0 Å². The SMILES string of the molecule is Nc1ccc([N+](=O)[O-])cc1C(=O)OCC(=O)Nc1ccccc1-c1ccccc1. The molecule has 8 nitrogen and oxygen atoms in total. The molecule has 0 aromatic heterocycles. The lowest BCUT2D eigenvalue weighted by Gasteiger charge is -2.12. The maximum Gasteiger partial charge on any atom is 0.341 e. The molecule has 3 aromatic carbocycles. The fourth-order valence-electron chi connectivity index (χ4n) is 2.69. The number of nitrogen functional groups attached to an aromatic ring is 1. The molecule has 0 aliphatic heterocycles. The Morgan fingerprint density at radius 3 is 2.41 bits per heavy atom. The Hall–Kier alpha value is -4.20. The Balaban J connectivity index is 1.68. The molecule has 146 valence electrons. The van der Waals surface area contributed by atoms with Gasteiger partial charge in [-0.2, -0.15) is 0 Å². The van der Waals surface area contributed by atoms with Gasteiger partial charge in [-0.05, 0) is 17.7 Å². The molecule has 0 spiro atoms. The molecular formula is C21H17N3O5. The van der Waals surface area contributed by atoms with Gasteiger partial charge in [-0.15, -0.1) is 0 Å². The van der Waals surface area contributed by atoms with Crippen molar-refractivity contribution in [1.82, 2.24) is 0 Å². The van der Waals surface area contributed by atoms with Crippen molar-refractivity contribution in [2.24, 2.45) is 0 Å². The van der Waals surface area contributed by atoms with Crippen molar-refractivity contribution in [2.75, 3.05) is 17.7 Å². The smallest absolute Gasteiger partial charge is 0.341 e. The second kappa shape index (κ2) is 8.66. The first-order valence-electron chi connectivity index (χ1n) is 8.61. The summed E-state index contributed by atoms with van der Waals surface area (Å²) < 4.78 is 4.97. The Labute approximate surface area is 166 Å². The summed E-state index contributed by atoms with van der Waals surface area (Å²) in [5, 5.41) is 13.6. The highest BCUT2D eigenvalue weighted by molar-refractivity contribution is 6.00. The zero-order valence-electron chi connectivity index (χ0n) is 15.2. The molecule has 1 amide bonds. The van der Waals surface area contributed by atoms with Crippen LogP contribution in [-0.2, 0) is 9.53 Å². The number of amides is 1. The topological polar surface area (TPSA) is 125 Å². The number of non-ortho nitro benzene ring substituents is 1. The number of nitrogens with zero attached hydrogens (tertiary/aromatic N) is 1. The van der Waals surface area contributed by atoms with Crippen LogP contribution in [0.4, 0.5) is 17.1 Å². The summed E-state index contributed by atoms with van der Waals surface area (Å²) in [6.45, 7) is -0.565. The van der Waals surface area contributed by atoms with E-state index in [0.29, 0.717) is 5.69 Å². The Kier molecular flexibility index (Phi) is 5.84. The van der Waals surface area contributed by atoms with Crippen LogP contribution in [0.15, 0.2) is 72.8 Å². The number of nitrogens with two attached hydrogens (primary N) is 1. The van der Waals surface area contributed by atoms with Crippen molar-refractivity contribution in [1.29, 1.82) is 0 Å². The molecule has 3 N–H and O–H groups in total. The minimum atomic E-state index is -0.919. The summed E-state index contributed by atoms with van der Waals surface area (Å²) >= 11 is 0. The lowest BCUT2D eigenvalue weighted by Crippen LogP contribution is -2.21. The van der Waals surface area contributed by atoms with Crippen LogP contribution in [0.25, 0.3) is 11.1 Å². The van der Waals surface area contributed by atoms with Crippen molar-refractivity contribution in [3.05, 3.63) is 88.5 Å². The number of carbonyl (C=O) groups is 2. The van der Waals surface area contributed by atoms with Crippen LogP contribution >= 0.6 is 0 Å². The summed E-state index contributed by atoms with van der Waals surface area (Å²) in [6.07, 6.45) is 0. The number of carbonyl (C=O) groups excluding carboxylic acids is 2. The molecule has 0 aliphatic rings. The van der Waals surface area contributed by atoms with Gasteiger partial charge in [0.15, 0.2) is 6.61 Å². The van der Waals surface area contributed by atoms with Gasteiger partial charge in [-0.3, -0.25) is 14.9 Å². The number of nitro benzene ring substituents is 1. The van der Waals surface area contributed by atoms with Crippen LogP contribution in [0.5, 0.6) is 0 Å². The molecule has 0 fully saturated rings. The van der Waals surface area contributed by atoms with Gasteiger partial charge < -0.3 is 15.8 Å². The number of esters is 1. The van der Waals surface area contributed by atoms with E-state index < -0.39 is 23.4 Å². The molecule has 0 unspecified atom stereocenters. The Morgan fingerprint density at radius 2 is 1.69 bits per heavy atom. The molecule has 3 aromatic rings. The molecule has 8 heteroatoms. The molecule has 0 heterocycles. The predicted molar refractivity (Wildman–Crippen MR) is 108 cm³/mol. The zero-order valence-corrected chi connectivity index (χ0v) is 15.2. The highest BCUT2D eigenvalue weighted by Gasteiger charge is 2.18. The first kappa shape index (κ1) is 19.6. The third-order valence-electron chi connectivity index (χ3n) is 4.09. The van der Waals surface area contributed by atoms with E-state index in [1.54, 1.807) is 12.1 Å². The fraction of sp³-hybridized carbons (Fsp3) is 0.0476. The zero-order chi connectivity index (χ0) is 20.8. The number of nitro groups is 1. The molecule has 29 heavy (non-hydrogen) atoms. The van der Waals surface area contributed by atoms with Gasteiger partial charge in [0.1, 0.15) is 0 Å². The molecule has 3 rings (SSSR count). The van der Waals surface area contributed by atoms with Gasteiger partial charge in [0, 0.05) is 29.1 Å². The van der Waals surface area contributed by atoms with Gasteiger partial charge in [-0.25, -0.2) is 4.79 Å². The van der Waals surface area contributed by atoms with Crippen molar-refractivity contribution >= 4 is 28.9 Å². The number of anilines is 2. The average molecular weight is 391 g/mol. The largest absolute Gasteiger partial charge is 0.452 e. The third kappa shape index (κ3) is 4.75. The quantitative estimate of drug-likeness (QED) is 0.286. The normalized spacial score (nSPS) is 10.2. The van der Waals surface area contributed by atoms with Gasteiger partial charge >= 0.3 is 5.97 Å². The molecular weight excluding hydrogens is 374 g/mol. The van der Waals surface area contributed by atoms with Crippen LogP contribution in [0.1, 0.15) is 10.4 Å². The summed E-state index contributed by atoms with van der Waals surface area (Å²) in [5.41, 5.74) is 7.54. The Morgan fingerprint density at radius 1 is 1.00 bits per heavy atom. The van der Waals surface area contributed by atoms with E-state index in [9.17, 15) is 19.7 Å². The molecule has 0 bridgehead atoms. The number of para-hydroxylation sites is 1. The maximum atomic E-state index is 12.3. The number of hydrogen-bond acceptors (Lipinski definition) is 6. The number of ether oxygens (including phenoxy) is 1. The number of benzene rings is 3. The van der Waals surface area contributed by atoms with Crippen LogP contribution in [-0.4, -0.2) is 23.4 Å². The van der Waals surface area contributed by atoms with E-state index in [2.05, 4.69) is 5.32 Å². The van der Waals surface area contributed by atoms with Crippen molar-refractivity contribution < 1.29 is 19.2 Å². The first-order valence-corrected chi connectivity index (χ1v) is 8.61. The van der Waals surface area contributed by atoms with Gasteiger partial charge in [0.2, 0.25) is 0 Å². The summed E-state index contributed by atoms with van der Waals surface area (Å²) in [4.78, 5) is 34.6. The average Bonchev–Trinajstić information content (AvgIpc) is 2.73. The van der Waals surface area contributed by atoms with Crippen molar-refractivity contribution in [3.63, 3.8) is 0 Å². The van der Waals surface area contributed by atoms with Gasteiger partial charge in [0.25, 0.3) is 11.6 Å². The Bertz CT molecular complexity index is 1070. The van der Waals surface area contributed by atoms with E-state index in [0.717, 1.165) is 17.2 Å². The number of nitrogens with one attached hydrogen (secondary N) is 1. The monoisotopic (exact) mass is 391 g/mol. The van der Waals surface area contributed by atoms with Crippen molar-refractivity contribution in [3.8, 4) is 11.1 Å². The molecule has 0 aliphatic carbocycles. The molecule has 0 saturated heterocycles. The minimum absolute atomic E-state index is 0.0235. The van der Waals surface area contributed by atoms with Gasteiger partial charge in [-0.1, -0.05) is 48.5 Å². The van der Waals surface area contributed by atoms with E-state index in [1.807, 2.05) is 42.5 Å². The fourth-order valence-corrected chi connectivity index (χ4v) is 2.69. The first-order chi connectivity index (χ1) is 14.0. The highest BCUT2D eigenvalue weighted by Crippen LogP contribution is 2.27. The van der Waals surface area contributed by atoms with Crippen LogP contribution in [0.3, 0.4) is 0 Å². The standard InChI is InChI=1S/C21H17N3O5/c22-18-11-10-15(24(27)28)12-17(18)21(26)29-13-20(25)23-19-9-5-4-8-16(19)14-6-2-1-3-7-14/h1-12H,13,22H2,(H,23,25). The van der Waals surface area contributed by atoms with E-state index in [1.165, 1.54) is 12.1 Å². The summed E-state index contributed by atoms with van der Waals surface area (Å²) in [5.74, 6) is -1.47. The third-order valence-corrected chi connectivity index (χ3v) is 4.09. The predicted octanol–water partition coefficient (Wildman–Crippen LogP) is 3.64. The van der Waals surface area contributed by atoms with E-state index in [4.69, 9.17) is 10.5 Å². The minimum Gasteiger partial charge on any atom is -0.452 e. The van der Waals surface area contributed by atoms with Gasteiger partial charge in [0.05, 0.1) is 10.5 Å². The summed E-state index contributed by atoms with van der Waals surface area (Å²) in [7, 11) is 0. The second-order valence-corrected chi connectivity index (χ2v) is 6.06. The number of hydrogen-bond donors (Lipinski definition) is 2. The lowest BCUT2D eigenvalue weighted by molar-refractivity contribution is -0.384. The van der Waals surface area contributed by atoms with Crippen LogP contribution < -0.4 is 11.1 Å². The number of rotatable bonds is 6. The molecule has 0 saturated carbocycles. The molecule has 0 atom stereocenters. The summed E-state index contributed by atoms with van der Waals surface area (Å²) in [6, 6.07) is 20.2. The van der Waals surface area contributed by atoms with Crippen molar-refractivity contribution in [2.45, 2.75) is 0 Å². The lowest BCUT2D eigenvalue weighted by atomic mass is 10.0. The van der Waals surface area contributed by atoms with E-state index in [-0.39, 0.29) is 16.9 Å². The van der Waals surface area contributed by atoms with Crippen LogP contribution in [0.2, 0.25) is 0 Å². The molecule has 0 radical (unpaired) electrons. The second-order valence-electron chi connectivity index (χ2n) is 6.06.